The average Bonchev–Trinajstić information content (AvgIpc) is 3.88. The van der Waals surface area contributed by atoms with Crippen molar-refractivity contribution in [3.05, 3.63) is 163 Å². The summed E-state index contributed by atoms with van der Waals surface area (Å²) in [4.78, 5) is 15.4. The van der Waals surface area contributed by atoms with E-state index in [1.807, 2.05) is 36.4 Å². The minimum atomic E-state index is -0.164. The van der Waals surface area contributed by atoms with E-state index in [1.165, 1.54) is 20.2 Å². The van der Waals surface area contributed by atoms with Crippen LogP contribution in [-0.4, -0.2) is 21.1 Å². The molecule has 2 atom stereocenters. The normalized spacial score (nSPS) is 16.4. The van der Waals surface area contributed by atoms with E-state index >= 15 is 0 Å². The Morgan fingerprint density at radius 1 is 0.510 bits per heavy atom. The maximum Gasteiger partial charge on any atom is 0.164 e. The number of hydrogen-bond donors (Lipinski definition) is 0. The van der Waals surface area contributed by atoms with Gasteiger partial charge in [0, 0.05) is 53.2 Å². The summed E-state index contributed by atoms with van der Waals surface area (Å²) in [6.45, 7) is 0. The van der Waals surface area contributed by atoms with Crippen LogP contribution in [-0.2, 0) is 0 Å². The van der Waals surface area contributed by atoms with Gasteiger partial charge in [0.05, 0.1) is 5.92 Å². The molecule has 6 aromatic carbocycles. The van der Waals surface area contributed by atoms with Gasteiger partial charge in [-0.05, 0) is 59.7 Å². The van der Waals surface area contributed by atoms with E-state index in [0.29, 0.717) is 17.5 Å². The predicted molar refractivity (Wildman–Crippen MR) is 207 cm³/mol. The van der Waals surface area contributed by atoms with Gasteiger partial charge in [0.15, 0.2) is 17.5 Å². The molecule has 0 spiro atoms. The Hall–Kier alpha value is -6.37. The molecule has 0 saturated heterocycles. The van der Waals surface area contributed by atoms with Crippen molar-refractivity contribution in [2.24, 2.45) is 0 Å². The third kappa shape index (κ3) is 4.57. The average molecular weight is 674 g/mol. The fourth-order valence-electron chi connectivity index (χ4n) is 7.67. The third-order valence-corrected chi connectivity index (χ3v) is 11.3. The molecule has 5 nitrogen and oxygen atoms in total. The first-order valence-electron chi connectivity index (χ1n) is 17.1. The number of aromatic nitrogens is 3. The van der Waals surface area contributed by atoms with Crippen LogP contribution in [0.25, 0.3) is 81.6 Å². The van der Waals surface area contributed by atoms with E-state index in [1.54, 1.807) is 11.3 Å². The van der Waals surface area contributed by atoms with Crippen LogP contribution in [0.15, 0.2) is 156 Å². The van der Waals surface area contributed by atoms with E-state index in [0.717, 1.165) is 61.1 Å². The van der Waals surface area contributed by atoms with Crippen molar-refractivity contribution in [1.29, 1.82) is 0 Å². The summed E-state index contributed by atoms with van der Waals surface area (Å²) >= 11 is 1.79. The molecule has 0 radical (unpaired) electrons. The van der Waals surface area contributed by atoms with Gasteiger partial charge in [-0.15, -0.1) is 11.3 Å². The van der Waals surface area contributed by atoms with Crippen molar-refractivity contribution < 1.29 is 9.15 Å². The molecule has 240 valence electrons. The van der Waals surface area contributed by atoms with Crippen LogP contribution >= 0.6 is 11.3 Å². The lowest BCUT2D eigenvalue weighted by Crippen LogP contribution is -2.20. The second-order valence-corrected chi connectivity index (χ2v) is 14.2. The molecule has 1 aliphatic heterocycles. The Morgan fingerprint density at radius 2 is 1.20 bits per heavy atom. The lowest BCUT2D eigenvalue weighted by Gasteiger charge is -2.22. The van der Waals surface area contributed by atoms with Gasteiger partial charge >= 0.3 is 0 Å². The molecule has 0 fully saturated rings. The number of furan rings is 1. The highest BCUT2D eigenvalue weighted by molar-refractivity contribution is 7.25. The molecule has 0 saturated carbocycles. The molecule has 3 aromatic heterocycles. The number of hydrogen-bond acceptors (Lipinski definition) is 6. The second-order valence-electron chi connectivity index (χ2n) is 13.1. The number of allylic oxidation sites excluding steroid dienone is 2. The maximum atomic E-state index is 6.55. The summed E-state index contributed by atoms with van der Waals surface area (Å²) in [5, 5.41) is 4.76. The van der Waals surface area contributed by atoms with Gasteiger partial charge in [-0.25, -0.2) is 15.0 Å². The number of para-hydroxylation sites is 1. The molecule has 51 heavy (non-hydrogen) atoms. The molecule has 0 N–H and O–H groups in total. The molecule has 4 heterocycles. The minimum absolute atomic E-state index is 0.0798. The predicted octanol–water partition coefficient (Wildman–Crippen LogP) is 11.6. The summed E-state index contributed by atoms with van der Waals surface area (Å²) in [5.41, 5.74) is 8.01. The van der Waals surface area contributed by atoms with Gasteiger partial charge in [-0.1, -0.05) is 103 Å². The van der Waals surface area contributed by atoms with Crippen LogP contribution < -0.4 is 4.74 Å². The quantitative estimate of drug-likeness (QED) is 0.186. The van der Waals surface area contributed by atoms with Crippen LogP contribution in [0.2, 0.25) is 0 Å². The van der Waals surface area contributed by atoms with Gasteiger partial charge in [-0.3, -0.25) is 0 Å². The standard InChI is InChI=1S/C45H27N3O2S/c1-2-9-26(10-3-1)43-46-44(29-18-21-33-32-12-5-7-16-40(32)51-41(33)25-29)48-45(47-43)34-13-8-15-38-42(34)35-23-27(19-22-37(35)49-38)28-17-20-31-30-11-4-6-14-36(30)50-39(31)24-28/h1-25,38,42H. The first-order valence-corrected chi connectivity index (χ1v) is 17.9. The molecule has 0 bridgehead atoms. The van der Waals surface area contributed by atoms with Gasteiger partial charge in [0.25, 0.3) is 0 Å². The summed E-state index contributed by atoms with van der Waals surface area (Å²) in [6.07, 6.45) is 6.16. The summed E-state index contributed by atoms with van der Waals surface area (Å²) in [7, 11) is 0. The van der Waals surface area contributed by atoms with Crippen LogP contribution in [0.3, 0.4) is 0 Å². The highest BCUT2D eigenvalue weighted by Gasteiger charge is 2.39. The van der Waals surface area contributed by atoms with E-state index in [4.69, 9.17) is 24.1 Å². The van der Waals surface area contributed by atoms with Crippen LogP contribution in [0.1, 0.15) is 17.3 Å². The Labute approximate surface area is 296 Å². The molecule has 2 aliphatic rings. The van der Waals surface area contributed by atoms with Gasteiger partial charge in [0.1, 0.15) is 23.0 Å². The zero-order valence-corrected chi connectivity index (χ0v) is 28.0. The van der Waals surface area contributed by atoms with Crippen molar-refractivity contribution in [2.45, 2.75) is 12.0 Å². The number of thiophene rings is 1. The highest BCUT2D eigenvalue weighted by Crippen LogP contribution is 2.49. The summed E-state index contributed by atoms with van der Waals surface area (Å²) in [5.74, 6) is 2.75. The fourth-order valence-corrected chi connectivity index (χ4v) is 8.82. The SMILES string of the molecule is C1=CC2Oc3ccc(-c4ccc5c(c4)oc4ccccc45)cc3C2C(c2nc(-c3ccccc3)nc(-c3ccc4c(c3)sc3ccccc34)n2)=C1. The zero-order chi connectivity index (χ0) is 33.5. The smallest absolute Gasteiger partial charge is 0.164 e. The fraction of sp³-hybridized carbons (Fsp3) is 0.0444. The molecule has 2 unspecified atom stereocenters. The third-order valence-electron chi connectivity index (χ3n) is 10.1. The van der Waals surface area contributed by atoms with E-state index < -0.39 is 0 Å². The maximum absolute atomic E-state index is 6.55. The van der Waals surface area contributed by atoms with Crippen molar-refractivity contribution in [2.75, 3.05) is 0 Å². The molecular weight excluding hydrogens is 647 g/mol. The van der Waals surface area contributed by atoms with Crippen LogP contribution in [0, 0.1) is 0 Å². The number of ether oxygens (including phenoxy) is 1. The lowest BCUT2D eigenvalue weighted by molar-refractivity contribution is 0.271. The monoisotopic (exact) mass is 673 g/mol. The Kier molecular flexibility index (Phi) is 6.18. The Morgan fingerprint density at radius 3 is 2.12 bits per heavy atom. The van der Waals surface area contributed by atoms with Gasteiger partial charge < -0.3 is 9.15 Å². The van der Waals surface area contributed by atoms with Gasteiger partial charge in [-0.2, -0.15) is 0 Å². The summed E-state index contributed by atoms with van der Waals surface area (Å²) in [6, 6.07) is 46.4. The first kappa shape index (κ1) is 28.5. The van der Waals surface area contributed by atoms with Crippen LogP contribution in [0.4, 0.5) is 0 Å². The van der Waals surface area contributed by atoms with Crippen molar-refractivity contribution in [3.63, 3.8) is 0 Å². The van der Waals surface area contributed by atoms with E-state index in [-0.39, 0.29) is 12.0 Å². The zero-order valence-electron chi connectivity index (χ0n) is 27.2. The molecule has 0 amide bonds. The molecular formula is C45H27N3O2S. The van der Waals surface area contributed by atoms with Gasteiger partial charge in [0.2, 0.25) is 0 Å². The number of nitrogens with zero attached hydrogens (tertiary/aromatic N) is 3. The van der Waals surface area contributed by atoms with Crippen LogP contribution in [0.5, 0.6) is 5.75 Å². The lowest BCUT2D eigenvalue weighted by atomic mass is 9.83. The first-order chi connectivity index (χ1) is 25.2. The Balaban J connectivity index is 1.03. The molecule has 9 aromatic rings. The molecule has 6 heteroatoms. The molecule has 11 rings (SSSR count). The van der Waals surface area contributed by atoms with Crippen molar-refractivity contribution >= 4 is 59.0 Å². The van der Waals surface area contributed by atoms with E-state index in [2.05, 4.69) is 115 Å². The second kappa shape index (κ2) is 11.1. The number of rotatable bonds is 4. The van der Waals surface area contributed by atoms with Crippen molar-refractivity contribution in [1.82, 2.24) is 15.0 Å². The number of benzene rings is 6. The topological polar surface area (TPSA) is 61.0 Å². The van der Waals surface area contributed by atoms with E-state index in [9.17, 15) is 0 Å². The molecule has 1 aliphatic carbocycles. The summed E-state index contributed by atoms with van der Waals surface area (Å²) < 4.78 is 15.3. The Bertz CT molecular complexity index is 2920. The minimum Gasteiger partial charge on any atom is -0.485 e. The van der Waals surface area contributed by atoms with Crippen molar-refractivity contribution in [3.8, 4) is 39.7 Å². The highest BCUT2D eigenvalue weighted by atomic mass is 32.1. The largest absolute Gasteiger partial charge is 0.485 e. The number of fused-ring (bicyclic) bond motifs is 9.